The third-order valence-electron chi connectivity index (χ3n) is 1.79. The molecule has 0 amide bonds. The van der Waals surface area contributed by atoms with Crippen molar-refractivity contribution in [2.45, 2.75) is 33.2 Å². The van der Waals surface area contributed by atoms with Gasteiger partial charge in [0.2, 0.25) is 0 Å². The normalized spacial score (nSPS) is 13.6. The fraction of sp³-hybridized carbons (Fsp3) is 0.875. The molecule has 1 atom stereocenters. The second-order valence-corrected chi connectivity index (χ2v) is 3.73. The second kappa shape index (κ2) is 4.32. The van der Waals surface area contributed by atoms with Crippen LogP contribution in [-0.4, -0.2) is 26.8 Å². The largest absolute Gasteiger partial charge is 0.330 e. The molecule has 0 aromatic carbocycles. The minimum Gasteiger partial charge on any atom is -0.330 e. The van der Waals surface area contributed by atoms with Crippen LogP contribution in [0.5, 0.6) is 0 Å². The molecule has 0 fully saturated rings. The van der Waals surface area contributed by atoms with Crippen LogP contribution < -0.4 is 5.73 Å². The molecule has 1 heterocycles. The molecule has 1 aromatic heterocycles. The highest BCUT2D eigenvalue weighted by Crippen LogP contribution is 2.05. The van der Waals surface area contributed by atoms with Crippen molar-refractivity contribution < 1.29 is 0 Å². The van der Waals surface area contributed by atoms with Crippen molar-refractivity contribution in [1.82, 2.24) is 20.2 Å². The first-order chi connectivity index (χ1) is 6.13. The van der Waals surface area contributed by atoms with E-state index >= 15 is 0 Å². The fourth-order valence-corrected chi connectivity index (χ4v) is 0.962. The van der Waals surface area contributed by atoms with Crippen molar-refractivity contribution in [3.63, 3.8) is 0 Å². The van der Waals surface area contributed by atoms with Crippen molar-refractivity contribution in [3.05, 3.63) is 5.82 Å². The predicted octanol–water partition coefficient (Wildman–Crippen LogP) is 0.391. The number of aromatic nitrogens is 4. The number of tetrazole rings is 1. The maximum atomic E-state index is 5.50. The van der Waals surface area contributed by atoms with Gasteiger partial charge in [-0.25, -0.2) is 0 Å². The molecule has 0 spiro atoms. The smallest absolute Gasteiger partial charge is 0.178 e. The summed E-state index contributed by atoms with van der Waals surface area (Å²) in [5.41, 5.74) is 5.50. The molecule has 2 N–H and O–H groups in total. The maximum Gasteiger partial charge on any atom is 0.178 e. The van der Waals surface area contributed by atoms with E-state index in [1.165, 1.54) is 0 Å². The Morgan fingerprint density at radius 2 is 2.08 bits per heavy atom. The summed E-state index contributed by atoms with van der Waals surface area (Å²) in [7, 11) is 0. The van der Waals surface area contributed by atoms with Gasteiger partial charge in [-0.15, -0.1) is 10.2 Å². The lowest BCUT2D eigenvalue weighted by Crippen LogP contribution is -2.12. The molecule has 0 aliphatic rings. The number of hydrogen-bond donors (Lipinski definition) is 1. The molecule has 0 aliphatic carbocycles. The quantitative estimate of drug-likeness (QED) is 0.733. The first-order valence-electron chi connectivity index (χ1n) is 4.61. The highest BCUT2D eigenvalue weighted by Gasteiger charge is 2.10. The molecule has 0 radical (unpaired) electrons. The molecule has 1 rings (SSSR count). The summed E-state index contributed by atoms with van der Waals surface area (Å²) in [6, 6.07) is 0. The molecule has 5 nitrogen and oxygen atoms in total. The van der Waals surface area contributed by atoms with E-state index in [4.69, 9.17) is 5.73 Å². The van der Waals surface area contributed by atoms with Crippen LogP contribution >= 0.6 is 0 Å². The van der Waals surface area contributed by atoms with E-state index in [-0.39, 0.29) is 5.92 Å². The van der Waals surface area contributed by atoms with Crippen LogP contribution in [-0.2, 0) is 6.54 Å². The van der Waals surface area contributed by atoms with Gasteiger partial charge in [0.1, 0.15) is 0 Å². The van der Waals surface area contributed by atoms with Crippen LogP contribution in [0, 0.1) is 5.92 Å². The van der Waals surface area contributed by atoms with Crippen LogP contribution in [0.15, 0.2) is 0 Å². The first kappa shape index (κ1) is 10.1. The SMILES string of the molecule is CC(C)Cn1nnc(C(C)CN)n1. The summed E-state index contributed by atoms with van der Waals surface area (Å²) >= 11 is 0. The van der Waals surface area contributed by atoms with Gasteiger partial charge in [0.25, 0.3) is 0 Å². The van der Waals surface area contributed by atoms with Crippen LogP contribution in [0.1, 0.15) is 32.5 Å². The molecule has 1 aromatic rings. The van der Waals surface area contributed by atoms with Gasteiger partial charge in [0, 0.05) is 12.5 Å². The van der Waals surface area contributed by atoms with Gasteiger partial charge in [-0.3, -0.25) is 0 Å². The van der Waals surface area contributed by atoms with Gasteiger partial charge in [-0.2, -0.15) is 4.80 Å². The molecule has 0 saturated carbocycles. The summed E-state index contributed by atoms with van der Waals surface area (Å²) in [5.74, 6) is 1.47. The Morgan fingerprint density at radius 1 is 1.38 bits per heavy atom. The van der Waals surface area contributed by atoms with E-state index in [2.05, 4.69) is 29.3 Å². The first-order valence-corrected chi connectivity index (χ1v) is 4.61. The zero-order valence-electron chi connectivity index (χ0n) is 8.44. The molecule has 1 unspecified atom stereocenters. The minimum atomic E-state index is 0.195. The molecule has 5 heteroatoms. The van der Waals surface area contributed by atoms with Gasteiger partial charge in [-0.05, 0) is 11.1 Å². The number of rotatable bonds is 4. The molecule has 74 valence electrons. The molecule has 13 heavy (non-hydrogen) atoms. The molecule has 0 bridgehead atoms. The summed E-state index contributed by atoms with van der Waals surface area (Å²) in [6.45, 7) is 7.61. The molecular weight excluding hydrogens is 166 g/mol. The van der Waals surface area contributed by atoms with Crippen molar-refractivity contribution in [3.8, 4) is 0 Å². The predicted molar refractivity (Wildman–Crippen MR) is 50.1 cm³/mol. The Bertz CT molecular complexity index is 255. The van der Waals surface area contributed by atoms with Gasteiger partial charge < -0.3 is 5.73 Å². The summed E-state index contributed by atoms with van der Waals surface area (Å²) in [6.07, 6.45) is 0. The van der Waals surface area contributed by atoms with E-state index in [1.807, 2.05) is 6.92 Å². The van der Waals surface area contributed by atoms with Crippen LogP contribution in [0.4, 0.5) is 0 Å². The highest BCUT2D eigenvalue weighted by molar-refractivity contribution is 4.88. The van der Waals surface area contributed by atoms with Crippen molar-refractivity contribution in [2.75, 3.05) is 6.54 Å². The Kier molecular flexibility index (Phi) is 3.36. The van der Waals surface area contributed by atoms with E-state index in [0.717, 1.165) is 12.4 Å². The maximum absolute atomic E-state index is 5.50. The van der Waals surface area contributed by atoms with E-state index in [0.29, 0.717) is 12.5 Å². The Labute approximate surface area is 78.3 Å². The average molecular weight is 183 g/mol. The Hall–Kier alpha value is -0.970. The standard InChI is InChI=1S/C8H17N5/c1-6(2)5-13-11-8(10-12-13)7(3)4-9/h6-7H,4-5,9H2,1-3H3. The number of hydrogen-bond acceptors (Lipinski definition) is 4. The van der Waals surface area contributed by atoms with Gasteiger partial charge in [0.15, 0.2) is 5.82 Å². The van der Waals surface area contributed by atoms with Crippen LogP contribution in [0.25, 0.3) is 0 Å². The minimum absolute atomic E-state index is 0.195. The van der Waals surface area contributed by atoms with E-state index in [1.54, 1.807) is 4.80 Å². The van der Waals surface area contributed by atoms with Crippen LogP contribution in [0.2, 0.25) is 0 Å². The highest BCUT2D eigenvalue weighted by atomic mass is 15.6. The molecular formula is C8H17N5. The topological polar surface area (TPSA) is 69.6 Å². The summed E-state index contributed by atoms with van der Waals surface area (Å²) in [4.78, 5) is 1.63. The molecule has 0 saturated heterocycles. The van der Waals surface area contributed by atoms with E-state index < -0.39 is 0 Å². The van der Waals surface area contributed by atoms with Gasteiger partial charge >= 0.3 is 0 Å². The zero-order chi connectivity index (χ0) is 9.84. The Balaban J connectivity index is 2.63. The average Bonchev–Trinajstić information content (AvgIpc) is 2.50. The fourth-order valence-electron chi connectivity index (χ4n) is 0.962. The molecule has 0 aliphatic heterocycles. The monoisotopic (exact) mass is 183 g/mol. The third kappa shape index (κ3) is 2.77. The van der Waals surface area contributed by atoms with E-state index in [9.17, 15) is 0 Å². The lowest BCUT2D eigenvalue weighted by Gasteiger charge is -2.02. The van der Waals surface area contributed by atoms with Crippen molar-refractivity contribution >= 4 is 0 Å². The Morgan fingerprint density at radius 3 is 2.62 bits per heavy atom. The number of nitrogens with zero attached hydrogens (tertiary/aromatic N) is 4. The van der Waals surface area contributed by atoms with Crippen LogP contribution in [0.3, 0.4) is 0 Å². The summed E-state index contributed by atoms with van der Waals surface area (Å²) in [5, 5.41) is 12.1. The van der Waals surface area contributed by atoms with Crippen molar-refractivity contribution in [1.29, 1.82) is 0 Å². The lowest BCUT2D eigenvalue weighted by molar-refractivity contribution is 0.427. The van der Waals surface area contributed by atoms with Gasteiger partial charge in [0.05, 0.1) is 6.54 Å². The van der Waals surface area contributed by atoms with Crippen molar-refractivity contribution in [2.24, 2.45) is 11.7 Å². The van der Waals surface area contributed by atoms with Gasteiger partial charge in [-0.1, -0.05) is 20.8 Å². The zero-order valence-corrected chi connectivity index (χ0v) is 8.44. The number of nitrogens with two attached hydrogens (primary N) is 1. The summed E-state index contributed by atoms with van der Waals surface area (Å²) < 4.78 is 0. The second-order valence-electron chi connectivity index (χ2n) is 3.73. The third-order valence-corrected chi connectivity index (χ3v) is 1.79. The lowest BCUT2D eigenvalue weighted by atomic mass is 10.2.